The van der Waals surface area contributed by atoms with Gasteiger partial charge in [0.2, 0.25) is 0 Å². The van der Waals surface area contributed by atoms with Gasteiger partial charge in [-0.1, -0.05) is 48.5 Å². The molecular weight excluding hydrogens is 186 g/mol. The van der Waals surface area contributed by atoms with Crippen molar-refractivity contribution in [3.05, 3.63) is 65.7 Å². The number of rotatable bonds is 1. The van der Waals surface area contributed by atoms with E-state index in [0.29, 0.717) is 0 Å². The highest BCUT2D eigenvalue weighted by molar-refractivity contribution is 5.43. The summed E-state index contributed by atoms with van der Waals surface area (Å²) >= 11 is 0. The highest BCUT2D eigenvalue weighted by Gasteiger charge is 2.24. The van der Waals surface area contributed by atoms with Crippen LogP contribution in [0.2, 0.25) is 0 Å². The number of fused-ring (bicyclic) bond motifs is 1. The van der Waals surface area contributed by atoms with Crippen molar-refractivity contribution in [2.24, 2.45) is 0 Å². The molecule has 1 atom stereocenters. The zero-order valence-corrected chi connectivity index (χ0v) is 8.18. The normalized spacial score (nSPS) is 18.3. The van der Waals surface area contributed by atoms with E-state index in [4.69, 9.17) is 4.84 Å². The van der Waals surface area contributed by atoms with Gasteiger partial charge in [0, 0.05) is 5.56 Å². The van der Waals surface area contributed by atoms with Crippen LogP contribution in [0.25, 0.3) is 0 Å². The summed E-state index contributed by atoms with van der Waals surface area (Å²) in [6.45, 7) is 0. The first-order chi connectivity index (χ1) is 7.45. The van der Waals surface area contributed by atoms with E-state index in [1.165, 1.54) is 11.1 Å². The van der Waals surface area contributed by atoms with Crippen molar-refractivity contribution >= 4 is 0 Å². The summed E-state index contributed by atoms with van der Waals surface area (Å²) in [4.78, 5) is 5.42. The number of para-hydroxylation sites is 1. The second-order valence-electron chi connectivity index (χ2n) is 3.60. The summed E-state index contributed by atoms with van der Waals surface area (Å²) < 4.78 is 0. The van der Waals surface area contributed by atoms with Crippen molar-refractivity contribution in [1.82, 2.24) is 5.48 Å². The number of hydroxylamine groups is 1. The third-order valence-electron chi connectivity index (χ3n) is 2.65. The Balaban J connectivity index is 2.05. The lowest BCUT2D eigenvalue weighted by Gasteiger charge is -2.08. The zero-order chi connectivity index (χ0) is 10.1. The first-order valence-electron chi connectivity index (χ1n) is 5.01. The van der Waals surface area contributed by atoms with Crippen LogP contribution in [-0.2, 0) is 0 Å². The molecule has 1 aliphatic heterocycles. The molecule has 0 saturated heterocycles. The average Bonchev–Trinajstić information content (AvgIpc) is 2.74. The van der Waals surface area contributed by atoms with Gasteiger partial charge in [-0.2, -0.15) is 0 Å². The van der Waals surface area contributed by atoms with E-state index in [-0.39, 0.29) is 6.04 Å². The number of hydrogen-bond donors (Lipinski definition) is 1. The monoisotopic (exact) mass is 197 g/mol. The van der Waals surface area contributed by atoms with Gasteiger partial charge < -0.3 is 4.84 Å². The van der Waals surface area contributed by atoms with E-state index >= 15 is 0 Å². The van der Waals surface area contributed by atoms with Gasteiger partial charge in [0.15, 0.2) is 5.75 Å². The van der Waals surface area contributed by atoms with Gasteiger partial charge in [0.05, 0.1) is 6.04 Å². The second kappa shape index (κ2) is 3.41. The fourth-order valence-corrected chi connectivity index (χ4v) is 1.89. The molecule has 2 aromatic carbocycles. The van der Waals surface area contributed by atoms with Gasteiger partial charge in [0.1, 0.15) is 0 Å². The van der Waals surface area contributed by atoms with Gasteiger partial charge in [-0.25, -0.2) is 0 Å². The van der Waals surface area contributed by atoms with Crippen LogP contribution in [0.5, 0.6) is 5.75 Å². The Bertz CT molecular complexity index is 467. The van der Waals surface area contributed by atoms with Crippen molar-refractivity contribution in [3.8, 4) is 5.75 Å². The average molecular weight is 197 g/mol. The molecule has 0 radical (unpaired) electrons. The second-order valence-corrected chi connectivity index (χ2v) is 3.60. The molecule has 0 aromatic heterocycles. The smallest absolute Gasteiger partial charge is 0.152 e. The molecule has 0 aliphatic carbocycles. The van der Waals surface area contributed by atoms with Crippen molar-refractivity contribution in [2.45, 2.75) is 6.04 Å². The molecule has 74 valence electrons. The number of hydrogen-bond acceptors (Lipinski definition) is 2. The summed E-state index contributed by atoms with van der Waals surface area (Å²) in [7, 11) is 0. The topological polar surface area (TPSA) is 21.3 Å². The summed E-state index contributed by atoms with van der Waals surface area (Å²) in [5.74, 6) is 0.923. The third kappa shape index (κ3) is 1.39. The molecule has 2 aromatic rings. The molecule has 15 heavy (non-hydrogen) atoms. The predicted octanol–water partition coefficient (Wildman–Crippen LogP) is 2.67. The van der Waals surface area contributed by atoms with E-state index in [1.807, 2.05) is 36.4 Å². The maximum Gasteiger partial charge on any atom is 0.152 e. The zero-order valence-electron chi connectivity index (χ0n) is 8.18. The molecule has 1 N–H and O–H groups in total. The highest BCUT2D eigenvalue weighted by atomic mass is 16.7. The summed E-state index contributed by atoms with van der Waals surface area (Å²) in [6.07, 6.45) is 0. The lowest BCUT2D eigenvalue weighted by molar-refractivity contribution is 0.207. The minimum Gasteiger partial charge on any atom is -0.407 e. The number of nitrogens with one attached hydrogen (secondary N) is 1. The maximum atomic E-state index is 5.42. The van der Waals surface area contributed by atoms with Crippen LogP contribution in [0.3, 0.4) is 0 Å². The minimum atomic E-state index is 0.155. The molecule has 2 heteroatoms. The number of benzene rings is 2. The van der Waals surface area contributed by atoms with Crippen LogP contribution in [0.1, 0.15) is 17.2 Å². The molecule has 3 rings (SSSR count). The fourth-order valence-electron chi connectivity index (χ4n) is 1.89. The lowest BCUT2D eigenvalue weighted by atomic mass is 10.00. The Morgan fingerprint density at radius 2 is 1.60 bits per heavy atom. The Kier molecular flexibility index (Phi) is 1.93. The quantitative estimate of drug-likeness (QED) is 0.758. The van der Waals surface area contributed by atoms with Crippen molar-refractivity contribution < 1.29 is 4.84 Å². The standard InChI is InChI=1S/C13H11NO/c1-2-6-10(7-3-1)13-11-8-4-5-9-12(11)15-14-13/h1-9,13-14H/t13-/m0/s1. The van der Waals surface area contributed by atoms with Gasteiger partial charge in [-0.3, -0.25) is 0 Å². The van der Waals surface area contributed by atoms with Gasteiger partial charge >= 0.3 is 0 Å². The first kappa shape index (κ1) is 8.50. The van der Waals surface area contributed by atoms with E-state index in [0.717, 1.165) is 5.75 Å². The maximum absolute atomic E-state index is 5.42. The fraction of sp³-hybridized carbons (Fsp3) is 0.0769. The summed E-state index contributed by atoms with van der Waals surface area (Å²) in [6, 6.07) is 18.5. The minimum absolute atomic E-state index is 0.155. The molecule has 0 fully saturated rings. The van der Waals surface area contributed by atoms with Crippen LogP contribution < -0.4 is 10.3 Å². The summed E-state index contributed by atoms with van der Waals surface area (Å²) in [5.41, 5.74) is 5.46. The molecule has 2 nitrogen and oxygen atoms in total. The Hall–Kier alpha value is -1.80. The molecule has 1 heterocycles. The Morgan fingerprint density at radius 3 is 2.47 bits per heavy atom. The van der Waals surface area contributed by atoms with Crippen molar-refractivity contribution in [1.29, 1.82) is 0 Å². The Morgan fingerprint density at radius 1 is 0.867 bits per heavy atom. The van der Waals surface area contributed by atoms with Gasteiger partial charge in [-0.05, 0) is 11.6 Å². The third-order valence-corrected chi connectivity index (χ3v) is 2.65. The van der Waals surface area contributed by atoms with Crippen LogP contribution in [0.4, 0.5) is 0 Å². The van der Waals surface area contributed by atoms with E-state index in [2.05, 4.69) is 23.7 Å². The first-order valence-corrected chi connectivity index (χ1v) is 5.01. The van der Waals surface area contributed by atoms with Gasteiger partial charge in [0.25, 0.3) is 0 Å². The SMILES string of the molecule is c1ccc([C@@H]2NOc3ccccc32)cc1. The molecular formula is C13H11NO. The Labute approximate surface area is 88.5 Å². The molecule has 0 spiro atoms. The lowest BCUT2D eigenvalue weighted by Crippen LogP contribution is -2.17. The van der Waals surface area contributed by atoms with E-state index < -0.39 is 0 Å². The van der Waals surface area contributed by atoms with E-state index in [9.17, 15) is 0 Å². The molecule has 0 saturated carbocycles. The highest BCUT2D eigenvalue weighted by Crippen LogP contribution is 2.34. The van der Waals surface area contributed by atoms with Crippen LogP contribution >= 0.6 is 0 Å². The van der Waals surface area contributed by atoms with E-state index in [1.54, 1.807) is 0 Å². The van der Waals surface area contributed by atoms with Crippen molar-refractivity contribution in [2.75, 3.05) is 0 Å². The molecule has 0 bridgehead atoms. The molecule has 0 amide bonds. The van der Waals surface area contributed by atoms with Crippen LogP contribution in [-0.4, -0.2) is 0 Å². The predicted molar refractivity (Wildman–Crippen MR) is 58.5 cm³/mol. The van der Waals surface area contributed by atoms with Crippen LogP contribution in [0, 0.1) is 0 Å². The summed E-state index contributed by atoms with van der Waals surface area (Å²) in [5, 5.41) is 0. The van der Waals surface area contributed by atoms with Gasteiger partial charge in [-0.15, -0.1) is 5.48 Å². The molecule has 1 aliphatic rings. The van der Waals surface area contributed by atoms with Crippen molar-refractivity contribution in [3.63, 3.8) is 0 Å². The molecule has 0 unspecified atom stereocenters. The van der Waals surface area contributed by atoms with Crippen LogP contribution in [0.15, 0.2) is 54.6 Å². The largest absolute Gasteiger partial charge is 0.407 e.